The summed E-state index contributed by atoms with van der Waals surface area (Å²) in [6.07, 6.45) is 10.3. The molecule has 0 atom stereocenters. The average molecular weight is 270 g/mol. The molecule has 21 heavy (non-hydrogen) atoms. The van der Waals surface area contributed by atoms with Gasteiger partial charge in [0.15, 0.2) is 0 Å². The molecule has 2 nitrogen and oxygen atoms in total. The minimum Gasteiger partial charge on any atom is -0.323 e. The number of nitrogens with zero attached hydrogens (tertiary/aromatic N) is 2. The van der Waals surface area contributed by atoms with E-state index in [4.69, 9.17) is 0 Å². The highest BCUT2D eigenvalue weighted by Crippen LogP contribution is 2.15. The molecule has 1 aliphatic heterocycles. The molecular formula is C19H14N2. The van der Waals surface area contributed by atoms with Crippen molar-refractivity contribution in [1.29, 1.82) is 0 Å². The second-order valence-electron chi connectivity index (χ2n) is 5.03. The SMILES string of the molecule is C1=c2ccccc2=N/C1=C\C=C\n1ccc2ccccc21. The highest BCUT2D eigenvalue weighted by Gasteiger charge is 1.98. The molecule has 0 saturated carbocycles. The maximum absolute atomic E-state index is 4.58. The molecule has 0 unspecified atom stereocenters. The van der Waals surface area contributed by atoms with E-state index in [1.165, 1.54) is 16.1 Å². The summed E-state index contributed by atoms with van der Waals surface area (Å²) in [6.45, 7) is 0. The van der Waals surface area contributed by atoms with Crippen molar-refractivity contribution in [3.8, 4) is 0 Å². The number of para-hydroxylation sites is 2. The zero-order valence-corrected chi connectivity index (χ0v) is 11.5. The lowest BCUT2D eigenvalue weighted by molar-refractivity contribution is 1.23. The van der Waals surface area contributed by atoms with Crippen LogP contribution in [0, 0.1) is 0 Å². The Balaban J connectivity index is 1.65. The number of aromatic nitrogens is 1. The lowest BCUT2D eigenvalue weighted by atomic mass is 10.2. The Morgan fingerprint density at radius 2 is 1.76 bits per heavy atom. The zero-order chi connectivity index (χ0) is 14.1. The summed E-state index contributed by atoms with van der Waals surface area (Å²) in [4.78, 5) is 4.58. The van der Waals surface area contributed by atoms with Crippen LogP contribution in [0.25, 0.3) is 23.2 Å². The molecule has 0 radical (unpaired) electrons. The van der Waals surface area contributed by atoms with Crippen LogP contribution in [0.3, 0.4) is 0 Å². The molecule has 1 aromatic heterocycles. The molecule has 0 N–H and O–H groups in total. The monoisotopic (exact) mass is 270 g/mol. The molecule has 2 heteroatoms. The van der Waals surface area contributed by atoms with Gasteiger partial charge in [-0.05, 0) is 41.8 Å². The quantitative estimate of drug-likeness (QED) is 0.681. The van der Waals surface area contributed by atoms with Crippen molar-refractivity contribution in [3.63, 3.8) is 0 Å². The summed E-state index contributed by atoms with van der Waals surface area (Å²) < 4.78 is 2.12. The van der Waals surface area contributed by atoms with E-state index in [1.807, 2.05) is 30.4 Å². The van der Waals surface area contributed by atoms with E-state index in [2.05, 4.69) is 64.4 Å². The number of benzene rings is 2. The number of rotatable bonds is 2. The smallest absolute Gasteiger partial charge is 0.0710 e. The molecule has 0 fully saturated rings. The third-order valence-corrected chi connectivity index (χ3v) is 3.63. The van der Waals surface area contributed by atoms with Crippen molar-refractivity contribution in [2.45, 2.75) is 0 Å². The van der Waals surface area contributed by atoms with Crippen molar-refractivity contribution in [3.05, 3.63) is 89.2 Å². The number of fused-ring (bicyclic) bond motifs is 2. The van der Waals surface area contributed by atoms with E-state index in [9.17, 15) is 0 Å². The summed E-state index contributed by atoms with van der Waals surface area (Å²) >= 11 is 0. The third kappa shape index (κ3) is 2.21. The molecule has 0 spiro atoms. The number of hydrogen-bond acceptors (Lipinski definition) is 1. The van der Waals surface area contributed by atoms with Gasteiger partial charge in [0.25, 0.3) is 0 Å². The maximum Gasteiger partial charge on any atom is 0.0710 e. The van der Waals surface area contributed by atoms with Crippen molar-refractivity contribution in [1.82, 2.24) is 4.57 Å². The fraction of sp³-hybridized carbons (Fsp3) is 0. The predicted octanol–water partition coefficient (Wildman–Crippen LogP) is 3.11. The molecule has 4 rings (SSSR count). The lowest BCUT2D eigenvalue weighted by Crippen LogP contribution is -2.19. The Hall–Kier alpha value is -2.87. The van der Waals surface area contributed by atoms with Crippen LogP contribution in [-0.2, 0) is 0 Å². The lowest BCUT2D eigenvalue weighted by Gasteiger charge is -1.96. The van der Waals surface area contributed by atoms with Crippen molar-refractivity contribution < 1.29 is 0 Å². The number of hydrogen-bond donors (Lipinski definition) is 0. The van der Waals surface area contributed by atoms with Gasteiger partial charge in [0.05, 0.1) is 16.6 Å². The van der Waals surface area contributed by atoms with Gasteiger partial charge < -0.3 is 4.57 Å². The molecular weight excluding hydrogens is 256 g/mol. The van der Waals surface area contributed by atoms with Crippen LogP contribution in [0.1, 0.15) is 0 Å². The van der Waals surface area contributed by atoms with Gasteiger partial charge in [0.2, 0.25) is 0 Å². The van der Waals surface area contributed by atoms with Crippen LogP contribution in [0.5, 0.6) is 0 Å². The molecule has 0 bridgehead atoms. The van der Waals surface area contributed by atoms with E-state index in [0.29, 0.717) is 0 Å². The number of allylic oxidation sites excluding steroid dienone is 3. The average Bonchev–Trinajstić information content (AvgIpc) is 3.11. The minimum absolute atomic E-state index is 0.990. The molecule has 2 aromatic carbocycles. The Labute approximate surface area is 122 Å². The summed E-state index contributed by atoms with van der Waals surface area (Å²) in [5, 5.41) is 3.48. The highest BCUT2D eigenvalue weighted by atomic mass is 14.9. The van der Waals surface area contributed by atoms with Crippen molar-refractivity contribution >= 4 is 23.2 Å². The van der Waals surface area contributed by atoms with Crippen LogP contribution < -0.4 is 10.6 Å². The first kappa shape index (κ1) is 11.9. The van der Waals surface area contributed by atoms with Crippen LogP contribution in [0.15, 0.2) is 83.6 Å². The van der Waals surface area contributed by atoms with Crippen LogP contribution in [0.4, 0.5) is 0 Å². The van der Waals surface area contributed by atoms with Crippen molar-refractivity contribution in [2.24, 2.45) is 4.99 Å². The fourth-order valence-corrected chi connectivity index (χ4v) is 2.60. The molecule has 0 amide bonds. The largest absolute Gasteiger partial charge is 0.323 e. The van der Waals surface area contributed by atoms with E-state index in [0.717, 1.165) is 11.1 Å². The second-order valence-corrected chi connectivity index (χ2v) is 5.03. The molecule has 3 aromatic rings. The molecule has 2 heterocycles. The molecule has 0 saturated heterocycles. The van der Waals surface area contributed by atoms with E-state index in [1.54, 1.807) is 0 Å². The Kier molecular flexibility index (Phi) is 2.79. The second kappa shape index (κ2) is 4.91. The summed E-state index contributed by atoms with van der Waals surface area (Å²) in [7, 11) is 0. The van der Waals surface area contributed by atoms with E-state index < -0.39 is 0 Å². The van der Waals surface area contributed by atoms with Crippen molar-refractivity contribution in [2.75, 3.05) is 0 Å². The summed E-state index contributed by atoms with van der Waals surface area (Å²) in [5.41, 5.74) is 2.20. The van der Waals surface area contributed by atoms with E-state index >= 15 is 0 Å². The van der Waals surface area contributed by atoms with Crippen LogP contribution in [-0.4, -0.2) is 4.57 Å². The van der Waals surface area contributed by atoms with Gasteiger partial charge in [-0.1, -0.05) is 36.4 Å². The Morgan fingerprint density at radius 1 is 0.905 bits per heavy atom. The van der Waals surface area contributed by atoms with Crippen LogP contribution >= 0.6 is 0 Å². The van der Waals surface area contributed by atoms with Crippen LogP contribution in [0.2, 0.25) is 0 Å². The maximum atomic E-state index is 4.58. The van der Waals surface area contributed by atoms with Gasteiger partial charge in [0, 0.05) is 17.6 Å². The third-order valence-electron chi connectivity index (χ3n) is 3.63. The van der Waals surface area contributed by atoms with Gasteiger partial charge in [0.1, 0.15) is 0 Å². The first-order valence-corrected chi connectivity index (χ1v) is 7.00. The summed E-state index contributed by atoms with van der Waals surface area (Å²) in [5.74, 6) is 0. The zero-order valence-electron chi connectivity index (χ0n) is 11.5. The predicted molar refractivity (Wildman–Crippen MR) is 87.0 cm³/mol. The first-order chi connectivity index (χ1) is 10.4. The molecule has 100 valence electrons. The van der Waals surface area contributed by atoms with Gasteiger partial charge in [-0.2, -0.15) is 0 Å². The van der Waals surface area contributed by atoms with Gasteiger partial charge in [-0.3, -0.25) is 0 Å². The molecule has 0 aliphatic carbocycles. The normalized spacial score (nSPS) is 15.3. The highest BCUT2D eigenvalue weighted by molar-refractivity contribution is 5.81. The Morgan fingerprint density at radius 3 is 2.71 bits per heavy atom. The summed E-state index contributed by atoms with van der Waals surface area (Å²) in [6, 6.07) is 18.7. The minimum atomic E-state index is 0.990. The van der Waals surface area contributed by atoms with Gasteiger partial charge in [-0.15, -0.1) is 0 Å². The fourth-order valence-electron chi connectivity index (χ4n) is 2.60. The van der Waals surface area contributed by atoms with Gasteiger partial charge >= 0.3 is 0 Å². The van der Waals surface area contributed by atoms with Gasteiger partial charge in [-0.25, -0.2) is 4.99 Å². The topological polar surface area (TPSA) is 17.3 Å². The standard InChI is InChI=1S/C19H14N2/c1-3-9-18-16(7-1)14-17(20-18)8-5-12-21-13-11-15-6-2-4-10-19(15)21/h1-14H/b12-5+,17-8-. The molecule has 1 aliphatic rings. The Bertz CT molecular complexity index is 951. The van der Waals surface area contributed by atoms with E-state index in [-0.39, 0.29) is 0 Å². The first-order valence-electron chi connectivity index (χ1n) is 7.00.